The van der Waals surface area contributed by atoms with Gasteiger partial charge in [0.2, 0.25) is 0 Å². The van der Waals surface area contributed by atoms with E-state index < -0.39 is 0 Å². The van der Waals surface area contributed by atoms with Crippen molar-refractivity contribution in [1.29, 1.82) is 0 Å². The second-order valence-corrected chi connectivity index (χ2v) is 4.61. The molecule has 1 aliphatic carbocycles. The van der Waals surface area contributed by atoms with E-state index in [4.69, 9.17) is 0 Å². The van der Waals surface area contributed by atoms with Crippen LogP contribution < -0.4 is 0 Å². The van der Waals surface area contributed by atoms with Crippen LogP contribution in [0, 0.1) is 0 Å². The van der Waals surface area contributed by atoms with Crippen LogP contribution in [0.15, 0.2) is 48.5 Å². The van der Waals surface area contributed by atoms with Crippen LogP contribution in [0.25, 0.3) is 12.2 Å². The van der Waals surface area contributed by atoms with Crippen LogP contribution in [0.3, 0.4) is 0 Å². The molecule has 0 nitrogen and oxygen atoms in total. The van der Waals surface area contributed by atoms with E-state index in [0.717, 1.165) is 6.42 Å². The fourth-order valence-electron chi connectivity index (χ4n) is 2.10. The number of rotatable bonds is 0. The summed E-state index contributed by atoms with van der Waals surface area (Å²) in [5.74, 6) is 0. The maximum atomic E-state index is 2.21. The van der Waals surface area contributed by atoms with Crippen LogP contribution in [-0.2, 0) is 6.42 Å². The average Bonchev–Trinajstić information content (AvgIpc) is 2.69. The van der Waals surface area contributed by atoms with Gasteiger partial charge in [0.15, 0.2) is 0 Å². The molecule has 0 radical (unpaired) electrons. The van der Waals surface area contributed by atoms with Crippen molar-refractivity contribution in [2.24, 2.45) is 0 Å². The van der Waals surface area contributed by atoms with Gasteiger partial charge in [0.1, 0.15) is 0 Å². The van der Waals surface area contributed by atoms with Crippen LogP contribution in [0.4, 0.5) is 0 Å². The van der Waals surface area contributed by atoms with Gasteiger partial charge in [0, 0.05) is 0 Å². The Hall–Kier alpha value is -1.82. The molecule has 0 fully saturated rings. The molecule has 106 valence electrons. The summed E-state index contributed by atoms with van der Waals surface area (Å²) in [6.07, 6.45) is 6.71. The highest BCUT2D eigenvalue weighted by atomic mass is 14.1. The molecule has 3 rings (SSSR count). The van der Waals surface area contributed by atoms with Gasteiger partial charge in [-0.15, -0.1) is 0 Å². The Morgan fingerprint density at radius 3 is 1.45 bits per heavy atom. The van der Waals surface area contributed by atoms with Gasteiger partial charge >= 0.3 is 0 Å². The first-order chi connectivity index (χ1) is 9.85. The van der Waals surface area contributed by atoms with Gasteiger partial charge in [-0.3, -0.25) is 0 Å². The van der Waals surface area contributed by atoms with Gasteiger partial charge in [0.25, 0.3) is 0 Å². The summed E-state index contributed by atoms with van der Waals surface area (Å²) in [5, 5.41) is 0. The predicted molar refractivity (Wildman–Crippen MR) is 91.9 cm³/mol. The molecular formula is C20H26. The molecule has 0 N–H and O–H groups in total. The van der Waals surface area contributed by atoms with E-state index in [0.29, 0.717) is 0 Å². The number of hydrogen-bond donors (Lipinski definition) is 0. The highest BCUT2D eigenvalue weighted by molar-refractivity contribution is 5.75. The molecule has 0 atom stereocenters. The molecule has 20 heavy (non-hydrogen) atoms. The summed E-state index contributed by atoms with van der Waals surface area (Å²) >= 11 is 0. The van der Waals surface area contributed by atoms with Gasteiger partial charge < -0.3 is 0 Å². The summed E-state index contributed by atoms with van der Waals surface area (Å²) in [5.41, 5.74) is 5.51. The fourth-order valence-corrected chi connectivity index (χ4v) is 2.10. The molecular weight excluding hydrogens is 240 g/mol. The van der Waals surface area contributed by atoms with Crippen molar-refractivity contribution in [3.63, 3.8) is 0 Å². The summed E-state index contributed by atoms with van der Waals surface area (Å²) in [7, 11) is 0. The van der Waals surface area contributed by atoms with Gasteiger partial charge in [-0.1, -0.05) is 94.8 Å². The Bertz CT molecular complexity index is 488. The summed E-state index contributed by atoms with van der Waals surface area (Å²) < 4.78 is 0. The Labute approximate surface area is 124 Å². The SMILES string of the molecule is C1=Cc2ccccc2Cc2ccccc21.CC.CCC. The summed E-state index contributed by atoms with van der Waals surface area (Å²) in [6.45, 7) is 8.25. The predicted octanol–water partition coefficient (Wildman–Crippen LogP) is 6.20. The third-order valence-corrected chi connectivity index (χ3v) is 2.93. The van der Waals surface area contributed by atoms with Crippen molar-refractivity contribution in [2.45, 2.75) is 40.5 Å². The van der Waals surface area contributed by atoms with Crippen LogP contribution in [0.5, 0.6) is 0 Å². The quantitative estimate of drug-likeness (QED) is 0.454. The summed E-state index contributed by atoms with van der Waals surface area (Å²) in [4.78, 5) is 0. The van der Waals surface area contributed by atoms with E-state index >= 15 is 0 Å². The molecule has 0 spiro atoms. The maximum absolute atomic E-state index is 2.21. The van der Waals surface area contributed by atoms with E-state index in [1.54, 1.807) is 0 Å². The first kappa shape index (κ1) is 16.2. The zero-order valence-corrected chi connectivity index (χ0v) is 13.2. The van der Waals surface area contributed by atoms with Gasteiger partial charge in [-0.25, -0.2) is 0 Å². The smallest absolute Gasteiger partial charge is 0.00139 e. The molecule has 0 heterocycles. The number of hydrogen-bond acceptors (Lipinski definition) is 0. The van der Waals surface area contributed by atoms with Crippen molar-refractivity contribution in [3.05, 3.63) is 70.8 Å². The topological polar surface area (TPSA) is 0 Å². The van der Waals surface area contributed by atoms with E-state index in [-0.39, 0.29) is 0 Å². The lowest BCUT2D eigenvalue weighted by molar-refractivity contribution is 1.09. The third kappa shape index (κ3) is 4.38. The van der Waals surface area contributed by atoms with Crippen LogP contribution in [-0.4, -0.2) is 0 Å². The minimum atomic E-state index is 1.04. The fraction of sp³-hybridized carbons (Fsp3) is 0.300. The lowest BCUT2D eigenvalue weighted by Gasteiger charge is -2.04. The normalized spacial score (nSPS) is 10.8. The highest BCUT2D eigenvalue weighted by Crippen LogP contribution is 2.24. The van der Waals surface area contributed by atoms with Crippen molar-refractivity contribution in [2.75, 3.05) is 0 Å². The van der Waals surface area contributed by atoms with Gasteiger partial charge in [-0.2, -0.15) is 0 Å². The molecule has 0 heteroatoms. The molecule has 0 aliphatic heterocycles. The first-order valence-electron chi connectivity index (χ1n) is 7.69. The molecule has 0 aromatic heterocycles. The van der Waals surface area contributed by atoms with Crippen LogP contribution in [0.1, 0.15) is 56.4 Å². The van der Waals surface area contributed by atoms with Crippen molar-refractivity contribution < 1.29 is 0 Å². The zero-order valence-electron chi connectivity index (χ0n) is 13.2. The maximum Gasteiger partial charge on any atom is -0.00139 e. The van der Waals surface area contributed by atoms with Crippen LogP contribution >= 0.6 is 0 Å². The second-order valence-electron chi connectivity index (χ2n) is 4.61. The molecule has 0 amide bonds. The average molecular weight is 266 g/mol. The molecule has 0 saturated heterocycles. The van der Waals surface area contributed by atoms with Crippen molar-refractivity contribution in [1.82, 2.24) is 0 Å². The lowest BCUT2D eigenvalue weighted by atomic mass is 10.0. The van der Waals surface area contributed by atoms with E-state index in [9.17, 15) is 0 Å². The molecule has 1 aliphatic rings. The number of benzene rings is 2. The Balaban J connectivity index is 0.000000357. The standard InChI is InChI=1S/C15H12.C3H8.C2H6/c1-3-7-14-11-15-8-4-2-6-13(15)10-9-12(14)5-1;1-3-2;1-2/h1-10H,11H2;3H2,1-2H3;1-2H3. The molecule has 0 bridgehead atoms. The van der Waals surface area contributed by atoms with Gasteiger partial charge in [-0.05, 0) is 28.7 Å². The van der Waals surface area contributed by atoms with Gasteiger partial charge in [0.05, 0.1) is 0 Å². The van der Waals surface area contributed by atoms with E-state index in [1.807, 2.05) is 13.8 Å². The zero-order chi connectivity index (χ0) is 14.8. The molecule has 2 aromatic rings. The Morgan fingerprint density at radius 1 is 0.700 bits per heavy atom. The largest absolute Gasteiger partial charge is 0.0683 e. The Kier molecular flexibility index (Phi) is 7.42. The second kappa shape index (κ2) is 9.14. The first-order valence-corrected chi connectivity index (χ1v) is 7.69. The van der Waals surface area contributed by atoms with Crippen molar-refractivity contribution in [3.8, 4) is 0 Å². The van der Waals surface area contributed by atoms with Crippen molar-refractivity contribution >= 4 is 12.2 Å². The number of fused-ring (bicyclic) bond motifs is 2. The summed E-state index contributed by atoms with van der Waals surface area (Å²) in [6, 6.07) is 17.2. The lowest BCUT2D eigenvalue weighted by Crippen LogP contribution is -1.90. The minimum Gasteiger partial charge on any atom is -0.0683 e. The third-order valence-electron chi connectivity index (χ3n) is 2.93. The van der Waals surface area contributed by atoms with E-state index in [2.05, 4.69) is 74.5 Å². The monoisotopic (exact) mass is 266 g/mol. The molecule has 0 saturated carbocycles. The van der Waals surface area contributed by atoms with E-state index in [1.165, 1.54) is 28.7 Å². The minimum absolute atomic E-state index is 1.04. The Morgan fingerprint density at radius 2 is 1.05 bits per heavy atom. The molecule has 2 aromatic carbocycles. The molecule has 0 unspecified atom stereocenters. The highest BCUT2D eigenvalue weighted by Gasteiger charge is 2.06. The van der Waals surface area contributed by atoms with Crippen LogP contribution in [0.2, 0.25) is 0 Å².